The lowest BCUT2D eigenvalue weighted by Gasteiger charge is -2.12. The Morgan fingerprint density at radius 3 is 2.53 bits per heavy atom. The van der Waals surface area contributed by atoms with Gasteiger partial charge in [-0.25, -0.2) is 4.98 Å². The van der Waals surface area contributed by atoms with Crippen LogP contribution in [-0.2, 0) is 6.54 Å². The molecule has 0 saturated carbocycles. The third-order valence-corrected chi connectivity index (χ3v) is 2.33. The second kappa shape index (κ2) is 4.39. The Kier molecular flexibility index (Phi) is 3.60. The zero-order valence-electron chi connectivity index (χ0n) is 7.31. The number of hydrogen-bond acceptors (Lipinski definition) is 4. The summed E-state index contributed by atoms with van der Waals surface area (Å²) in [6.07, 6.45) is -4.77. The van der Waals surface area contributed by atoms with Crippen LogP contribution in [0, 0.1) is 3.70 Å². The van der Waals surface area contributed by atoms with Crippen LogP contribution in [-0.4, -0.2) is 11.3 Å². The van der Waals surface area contributed by atoms with Crippen molar-refractivity contribution in [2.75, 3.05) is 5.73 Å². The molecule has 0 unspecified atom stereocenters. The van der Waals surface area contributed by atoms with Gasteiger partial charge in [0.15, 0.2) is 5.75 Å². The molecule has 0 aliphatic carbocycles. The monoisotopic (exact) mass is 333 g/mol. The highest BCUT2D eigenvalue weighted by Gasteiger charge is 2.32. The summed E-state index contributed by atoms with van der Waals surface area (Å²) in [5.74, 6) is -0.456. The second-order valence-corrected chi connectivity index (χ2v) is 3.59. The van der Waals surface area contributed by atoms with Crippen molar-refractivity contribution in [2.45, 2.75) is 12.9 Å². The van der Waals surface area contributed by atoms with Gasteiger partial charge in [0.1, 0.15) is 3.70 Å². The Morgan fingerprint density at radius 1 is 1.47 bits per heavy atom. The number of hydrogen-bond donors (Lipinski definition) is 2. The highest BCUT2D eigenvalue weighted by Crippen LogP contribution is 2.28. The maximum atomic E-state index is 12.0. The molecule has 0 saturated heterocycles. The number of nitrogen functional groups attached to an aromatic ring is 1. The predicted molar refractivity (Wildman–Crippen MR) is 55.9 cm³/mol. The number of anilines is 1. The van der Waals surface area contributed by atoms with Crippen molar-refractivity contribution in [3.8, 4) is 5.75 Å². The fourth-order valence-electron chi connectivity index (χ4n) is 0.882. The molecule has 1 rings (SSSR count). The molecule has 0 atom stereocenters. The minimum absolute atomic E-state index is 0.0194. The van der Waals surface area contributed by atoms with Crippen LogP contribution in [0.3, 0.4) is 0 Å². The van der Waals surface area contributed by atoms with Gasteiger partial charge in [-0.3, -0.25) is 0 Å². The van der Waals surface area contributed by atoms with Crippen molar-refractivity contribution in [1.29, 1.82) is 0 Å². The molecular formula is C7H7F3IN3O. The summed E-state index contributed by atoms with van der Waals surface area (Å²) in [4.78, 5) is 3.79. The van der Waals surface area contributed by atoms with E-state index in [-0.39, 0.29) is 17.9 Å². The molecule has 84 valence electrons. The molecule has 4 nitrogen and oxygen atoms in total. The number of ether oxygens (including phenoxy) is 1. The fraction of sp³-hybridized carbons (Fsp3) is 0.286. The Labute approximate surface area is 96.9 Å². The van der Waals surface area contributed by atoms with E-state index in [2.05, 4.69) is 9.72 Å². The Bertz CT molecular complexity index is 369. The van der Waals surface area contributed by atoms with E-state index in [4.69, 9.17) is 11.5 Å². The first-order chi connectivity index (χ1) is 6.83. The van der Waals surface area contributed by atoms with Gasteiger partial charge in [0.25, 0.3) is 0 Å². The predicted octanol–water partition coefficient (Wildman–Crippen LogP) is 1.63. The summed E-state index contributed by atoms with van der Waals surface area (Å²) < 4.78 is 40.0. The first-order valence-electron chi connectivity index (χ1n) is 3.74. The third-order valence-electron chi connectivity index (χ3n) is 1.46. The van der Waals surface area contributed by atoms with E-state index in [1.54, 1.807) is 22.6 Å². The summed E-state index contributed by atoms with van der Waals surface area (Å²) in [7, 11) is 0. The minimum Gasteiger partial charge on any atom is -0.404 e. The number of rotatable bonds is 2. The minimum atomic E-state index is -4.77. The summed E-state index contributed by atoms with van der Waals surface area (Å²) in [6, 6.07) is 1.06. The molecule has 4 N–H and O–H groups in total. The highest BCUT2D eigenvalue weighted by atomic mass is 127. The van der Waals surface area contributed by atoms with Crippen molar-refractivity contribution < 1.29 is 17.9 Å². The number of nitrogens with two attached hydrogens (primary N) is 2. The molecule has 8 heteroatoms. The smallest absolute Gasteiger partial charge is 0.404 e. The first kappa shape index (κ1) is 12.3. The molecule has 0 aromatic carbocycles. The van der Waals surface area contributed by atoms with Crippen LogP contribution < -0.4 is 16.2 Å². The molecular weight excluding hydrogens is 326 g/mol. The quantitative estimate of drug-likeness (QED) is 0.637. The summed E-state index contributed by atoms with van der Waals surface area (Å²) in [6.45, 7) is -0.151. The Hall–Kier alpha value is -0.770. The molecule has 0 spiro atoms. The van der Waals surface area contributed by atoms with Crippen molar-refractivity contribution in [3.05, 3.63) is 15.5 Å². The fourth-order valence-corrected chi connectivity index (χ4v) is 1.33. The van der Waals surface area contributed by atoms with Gasteiger partial charge in [0.05, 0.1) is 11.4 Å². The van der Waals surface area contributed by atoms with Gasteiger partial charge in [-0.05, 0) is 22.6 Å². The van der Waals surface area contributed by atoms with E-state index in [0.717, 1.165) is 6.07 Å². The molecule has 0 aliphatic rings. The van der Waals surface area contributed by atoms with E-state index in [0.29, 0.717) is 3.70 Å². The number of aromatic nitrogens is 1. The lowest BCUT2D eigenvalue weighted by Crippen LogP contribution is -2.19. The summed E-state index contributed by atoms with van der Waals surface area (Å²) in [5.41, 5.74) is 10.8. The van der Waals surface area contributed by atoms with E-state index in [9.17, 15) is 13.2 Å². The maximum absolute atomic E-state index is 12.0. The van der Waals surface area contributed by atoms with Gasteiger partial charge in [-0.2, -0.15) is 0 Å². The van der Waals surface area contributed by atoms with Crippen LogP contribution in [0.5, 0.6) is 5.75 Å². The number of halogens is 4. The van der Waals surface area contributed by atoms with Crippen molar-refractivity contribution in [3.63, 3.8) is 0 Å². The van der Waals surface area contributed by atoms with Gasteiger partial charge < -0.3 is 16.2 Å². The van der Waals surface area contributed by atoms with Gasteiger partial charge in [0.2, 0.25) is 0 Å². The van der Waals surface area contributed by atoms with Crippen molar-refractivity contribution >= 4 is 28.3 Å². The van der Waals surface area contributed by atoms with Gasteiger partial charge in [-0.1, -0.05) is 0 Å². The largest absolute Gasteiger partial charge is 0.573 e. The van der Waals surface area contributed by atoms with Crippen LogP contribution in [0.2, 0.25) is 0 Å². The number of nitrogens with zero attached hydrogens (tertiary/aromatic N) is 1. The third kappa shape index (κ3) is 3.38. The molecule has 15 heavy (non-hydrogen) atoms. The van der Waals surface area contributed by atoms with Crippen LogP contribution in [0.15, 0.2) is 6.07 Å². The molecule has 1 heterocycles. The van der Waals surface area contributed by atoms with Crippen molar-refractivity contribution in [1.82, 2.24) is 4.98 Å². The van der Waals surface area contributed by atoms with Crippen LogP contribution in [0.4, 0.5) is 18.9 Å². The SMILES string of the molecule is NCc1nc(I)c(N)cc1OC(F)(F)F. The highest BCUT2D eigenvalue weighted by molar-refractivity contribution is 14.1. The first-order valence-corrected chi connectivity index (χ1v) is 4.82. The van der Waals surface area contributed by atoms with Crippen molar-refractivity contribution in [2.24, 2.45) is 5.73 Å². The van der Waals surface area contributed by atoms with Crippen LogP contribution >= 0.6 is 22.6 Å². The van der Waals surface area contributed by atoms with E-state index >= 15 is 0 Å². The zero-order chi connectivity index (χ0) is 11.6. The number of alkyl halides is 3. The summed E-state index contributed by atoms with van der Waals surface area (Å²) >= 11 is 1.80. The molecule has 0 fully saturated rings. The topological polar surface area (TPSA) is 74.2 Å². The van der Waals surface area contributed by atoms with E-state index in [1.807, 2.05) is 0 Å². The Morgan fingerprint density at radius 2 is 2.07 bits per heavy atom. The normalized spacial score (nSPS) is 11.5. The number of pyridine rings is 1. The van der Waals surface area contributed by atoms with E-state index in [1.165, 1.54) is 0 Å². The molecule has 0 radical (unpaired) electrons. The molecule has 0 aliphatic heterocycles. The average molecular weight is 333 g/mol. The molecule has 0 bridgehead atoms. The molecule has 0 amide bonds. The van der Waals surface area contributed by atoms with E-state index < -0.39 is 12.1 Å². The summed E-state index contributed by atoms with van der Waals surface area (Å²) in [5, 5.41) is 0. The second-order valence-electron chi connectivity index (χ2n) is 2.57. The van der Waals surface area contributed by atoms with Gasteiger partial charge in [0, 0.05) is 12.6 Å². The zero-order valence-corrected chi connectivity index (χ0v) is 9.46. The Balaban J connectivity index is 3.11. The van der Waals surface area contributed by atoms with Gasteiger partial charge in [-0.15, -0.1) is 13.2 Å². The van der Waals surface area contributed by atoms with Crippen LogP contribution in [0.25, 0.3) is 0 Å². The average Bonchev–Trinajstić information content (AvgIpc) is 2.08. The lowest BCUT2D eigenvalue weighted by atomic mass is 10.3. The van der Waals surface area contributed by atoms with Gasteiger partial charge >= 0.3 is 6.36 Å². The molecule has 1 aromatic heterocycles. The lowest BCUT2D eigenvalue weighted by molar-refractivity contribution is -0.275. The van der Waals surface area contributed by atoms with Crippen LogP contribution in [0.1, 0.15) is 5.69 Å². The standard InChI is InChI=1S/C7H7F3IN3O/c8-7(9,10)15-5-1-3(13)6(11)14-4(5)2-12/h1H,2,12-13H2. The molecule has 1 aromatic rings. The maximum Gasteiger partial charge on any atom is 0.573 e.